The Morgan fingerprint density at radius 3 is 2.74 bits per heavy atom. The Labute approximate surface area is 120 Å². The molecule has 0 saturated heterocycles. The number of thioether (sulfide) groups is 1. The van der Waals surface area contributed by atoms with Gasteiger partial charge in [0, 0.05) is 11.3 Å². The molecule has 1 aliphatic rings. The Hall–Kier alpha value is -0.480. The number of nitrogens with one attached hydrogen (secondary N) is 1. The van der Waals surface area contributed by atoms with E-state index in [1.807, 2.05) is 13.8 Å². The molecule has 0 aliphatic heterocycles. The Morgan fingerprint density at radius 1 is 1.42 bits per heavy atom. The van der Waals surface area contributed by atoms with Crippen LogP contribution in [0, 0.1) is 19.3 Å². The zero-order valence-corrected chi connectivity index (χ0v) is 13.6. The van der Waals surface area contributed by atoms with Crippen LogP contribution in [0.4, 0.5) is 0 Å². The van der Waals surface area contributed by atoms with Crippen molar-refractivity contribution in [3.63, 3.8) is 0 Å². The van der Waals surface area contributed by atoms with Gasteiger partial charge in [-0.15, -0.1) is 0 Å². The van der Waals surface area contributed by atoms with Crippen molar-refractivity contribution in [3.8, 4) is 0 Å². The Morgan fingerprint density at radius 2 is 2.16 bits per heavy atom. The SMILES string of the molecule is CCCNC1C(Sc2nc(C)c(C)o2)CCC1(C)C. The number of aromatic nitrogens is 1. The first kappa shape index (κ1) is 14.9. The summed E-state index contributed by atoms with van der Waals surface area (Å²) < 4.78 is 5.72. The molecular formula is C15H26N2OS. The topological polar surface area (TPSA) is 38.1 Å². The number of aryl methyl sites for hydroxylation is 2. The summed E-state index contributed by atoms with van der Waals surface area (Å²) >= 11 is 1.81. The highest BCUT2D eigenvalue weighted by Crippen LogP contribution is 2.45. The number of hydrogen-bond donors (Lipinski definition) is 1. The molecule has 0 spiro atoms. The highest BCUT2D eigenvalue weighted by molar-refractivity contribution is 7.99. The van der Waals surface area contributed by atoms with Crippen molar-refractivity contribution < 1.29 is 4.42 Å². The molecule has 2 rings (SSSR count). The average molecular weight is 282 g/mol. The van der Waals surface area contributed by atoms with Gasteiger partial charge in [-0.2, -0.15) is 0 Å². The second-order valence-corrected chi connectivity index (χ2v) is 7.43. The van der Waals surface area contributed by atoms with Crippen molar-refractivity contribution in [1.29, 1.82) is 0 Å². The summed E-state index contributed by atoms with van der Waals surface area (Å²) in [6.45, 7) is 12.0. The Balaban J connectivity index is 2.05. The summed E-state index contributed by atoms with van der Waals surface area (Å²) in [6, 6.07) is 0.546. The van der Waals surface area contributed by atoms with E-state index in [4.69, 9.17) is 4.42 Å². The first-order valence-electron chi connectivity index (χ1n) is 7.28. The van der Waals surface area contributed by atoms with Crippen LogP contribution in [0.2, 0.25) is 0 Å². The van der Waals surface area contributed by atoms with E-state index in [0.29, 0.717) is 16.7 Å². The fraction of sp³-hybridized carbons (Fsp3) is 0.800. The maximum atomic E-state index is 5.72. The molecule has 19 heavy (non-hydrogen) atoms. The molecular weight excluding hydrogens is 256 g/mol. The fourth-order valence-electron chi connectivity index (χ4n) is 2.80. The van der Waals surface area contributed by atoms with Crippen LogP contribution in [0.25, 0.3) is 0 Å². The quantitative estimate of drug-likeness (QED) is 0.887. The van der Waals surface area contributed by atoms with Gasteiger partial charge >= 0.3 is 0 Å². The van der Waals surface area contributed by atoms with Crippen molar-refractivity contribution in [2.75, 3.05) is 6.54 Å². The van der Waals surface area contributed by atoms with E-state index < -0.39 is 0 Å². The smallest absolute Gasteiger partial charge is 0.256 e. The molecule has 1 heterocycles. The molecule has 1 aromatic rings. The molecule has 2 unspecified atom stereocenters. The van der Waals surface area contributed by atoms with Crippen molar-refractivity contribution in [2.45, 2.75) is 70.4 Å². The van der Waals surface area contributed by atoms with Crippen LogP contribution in [0.5, 0.6) is 0 Å². The van der Waals surface area contributed by atoms with Gasteiger partial charge < -0.3 is 9.73 Å². The lowest BCUT2D eigenvalue weighted by Gasteiger charge is -2.31. The second-order valence-electron chi connectivity index (χ2n) is 6.24. The molecule has 1 fully saturated rings. The van der Waals surface area contributed by atoms with Gasteiger partial charge in [0.25, 0.3) is 5.22 Å². The van der Waals surface area contributed by atoms with Crippen molar-refractivity contribution in [3.05, 3.63) is 11.5 Å². The molecule has 2 atom stereocenters. The van der Waals surface area contributed by atoms with Crippen LogP contribution in [-0.2, 0) is 0 Å². The second kappa shape index (κ2) is 5.88. The summed E-state index contributed by atoms with van der Waals surface area (Å²) in [5.41, 5.74) is 1.38. The van der Waals surface area contributed by atoms with Crippen LogP contribution >= 0.6 is 11.8 Å². The molecule has 0 radical (unpaired) electrons. The molecule has 1 aromatic heterocycles. The van der Waals surface area contributed by atoms with Crippen LogP contribution in [0.3, 0.4) is 0 Å². The van der Waals surface area contributed by atoms with E-state index >= 15 is 0 Å². The highest BCUT2D eigenvalue weighted by atomic mass is 32.2. The van der Waals surface area contributed by atoms with Gasteiger partial charge in [-0.25, -0.2) is 4.98 Å². The lowest BCUT2D eigenvalue weighted by molar-refractivity contribution is 0.287. The maximum absolute atomic E-state index is 5.72. The summed E-state index contributed by atoms with van der Waals surface area (Å²) in [7, 11) is 0. The largest absolute Gasteiger partial charge is 0.437 e. The molecule has 1 aliphatic carbocycles. The molecule has 3 nitrogen and oxygen atoms in total. The van der Waals surface area contributed by atoms with Crippen LogP contribution in [0.15, 0.2) is 9.64 Å². The molecule has 1 N–H and O–H groups in total. The zero-order valence-electron chi connectivity index (χ0n) is 12.7. The van der Waals surface area contributed by atoms with Crippen LogP contribution < -0.4 is 5.32 Å². The normalized spacial score (nSPS) is 25.9. The van der Waals surface area contributed by atoms with Gasteiger partial charge in [0.2, 0.25) is 0 Å². The predicted molar refractivity (Wildman–Crippen MR) is 80.7 cm³/mol. The summed E-state index contributed by atoms with van der Waals surface area (Å²) in [5, 5.41) is 5.13. The number of hydrogen-bond acceptors (Lipinski definition) is 4. The zero-order chi connectivity index (χ0) is 14.0. The summed E-state index contributed by atoms with van der Waals surface area (Å²) in [6.07, 6.45) is 3.69. The van der Waals surface area contributed by atoms with Crippen LogP contribution in [-0.4, -0.2) is 22.8 Å². The van der Waals surface area contributed by atoms with Gasteiger partial charge in [-0.05, 0) is 45.1 Å². The van der Waals surface area contributed by atoms with E-state index in [0.717, 1.165) is 23.2 Å². The van der Waals surface area contributed by atoms with Gasteiger partial charge in [-0.3, -0.25) is 0 Å². The minimum absolute atomic E-state index is 0.365. The summed E-state index contributed by atoms with van der Waals surface area (Å²) in [4.78, 5) is 4.50. The predicted octanol–water partition coefficient (Wildman–Crippen LogP) is 3.94. The van der Waals surface area contributed by atoms with Crippen LogP contribution in [0.1, 0.15) is 51.5 Å². The molecule has 0 bridgehead atoms. The van der Waals surface area contributed by atoms with Gasteiger partial charge in [-0.1, -0.05) is 32.5 Å². The molecule has 0 amide bonds. The number of rotatable bonds is 5. The van der Waals surface area contributed by atoms with Gasteiger partial charge in [0.05, 0.1) is 5.69 Å². The molecule has 0 aromatic carbocycles. The van der Waals surface area contributed by atoms with Gasteiger partial charge in [0.1, 0.15) is 5.76 Å². The van der Waals surface area contributed by atoms with E-state index in [1.54, 1.807) is 11.8 Å². The van der Waals surface area contributed by atoms with Gasteiger partial charge in [0.15, 0.2) is 0 Å². The van der Waals surface area contributed by atoms with Crippen molar-refractivity contribution >= 4 is 11.8 Å². The molecule has 108 valence electrons. The maximum Gasteiger partial charge on any atom is 0.256 e. The first-order valence-corrected chi connectivity index (χ1v) is 8.16. The van der Waals surface area contributed by atoms with E-state index in [-0.39, 0.29) is 0 Å². The highest BCUT2D eigenvalue weighted by Gasteiger charge is 2.42. The van der Waals surface area contributed by atoms with E-state index in [9.17, 15) is 0 Å². The number of nitrogens with zero attached hydrogens (tertiary/aromatic N) is 1. The molecule has 4 heteroatoms. The monoisotopic (exact) mass is 282 g/mol. The lowest BCUT2D eigenvalue weighted by atomic mass is 9.87. The third-order valence-electron chi connectivity index (χ3n) is 4.16. The third-order valence-corrected chi connectivity index (χ3v) is 5.35. The van der Waals surface area contributed by atoms with E-state index in [1.165, 1.54) is 19.3 Å². The minimum Gasteiger partial charge on any atom is -0.437 e. The van der Waals surface area contributed by atoms with Crippen molar-refractivity contribution in [1.82, 2.24) is 10.3 Å². The van der Waals surface area contributed by atoms with E-state index in [2.05, 4.69) is 31.1 Å². The van der Waals surface area contributed by atoms with Crippen molar-refractivity contribution in [2.24, 2.45) is 5.41 Å². The third kappa shape index (κ3) is 3.34. The number of oxazole rings is 1. The fourth-order valence-corrected chi connectivity index (χ4v) is 4.26. The molecule has 1 saturated carbocycles. The minimum atomic E-state index is 0.365. The standard InChI is InChI=1S/C15H26N2OS/c1-6-9-16-13-12(7-8-15(13,4)5)19-14-17-10(2)11(3)18-14/h12-13,16H,6-9H2,1-5H3. The summed E-state index contributed by atoms with van der Waals surface area (Å²) in [5.74, 6) is 0.942. The Kier molecular flexibility index (Phi) is 4.62. The first-order chi connectivity index (χ1) is 8.94. The average Bonchev–Trinajstić information content (AvgIpc) is 2.79. The Bertz CT molecular complexity index is 408. The lowest BCUT2D eigenvalue weighted by Crippen LogP contribution is -2.43.